The molecule has 0 aliphatic heterocycles. The van der Waals surface area contributed by atoms with Gasteiger partial charge in [-0.2, -0.15) is 4.98 Å². The third-order valence-electron chi connectivity index (χ3n) is 4.92. The lowest BCUT2D eigenvalue weighted by atomic mass is 10.2. The van der Waals surface area contributed by atoms with E-state index in [0.29, 0.717) is 5.95 Å². The van der Waals surface area contributed by atoms with Crippen molar-refractivity contribution >= 4 is 34.6 Å². The van der Waals surface area contributed by atoms with Crippen molar-refractivity contribution in [1.82, 2.24) is 15.0 Å². The van der Waals surface area contributed by atoms with E-state index in [4.69, 9.17) is 0 Å². The van der Waals surface area contributed by atoms with E-state index >= 15 is 0 Å². The van der Waals surface area contributed by atoms with Gasteiger partial charge in [-0.3, -0.25) is 0 Å². The number of hydrogen-bond donors (Lipinski definition) is 3. The van der Waals surface area contributed by atoms with Gasteiger partial charge in [-0.15, -0.1) is 0 Å². The number of pyridine rings is 1. The molecule has 7 heteroatoms. The van der Waals surface area contributed by atoms with Gasteiger partial charge in [0.2, 0.25) is 5.95 Å². The second-order valence-corrected chi connectivity index (χ2v) is 7.70. The fraction of sp³-hybridized carbons (Fsp3) is 0.208. The van der Waals surface area contributed by atoms with Crippen LogP contribution in [-0.2, 0) is 0 Å². The predicted molar refractivity (Wildman–Crippen MR) is 128 cm³/mol. The molecule has 0 bridgehead atoms. The summed E-state index contributed by atoms with van der Waals surface area (Å²) in [7, 11) is 3.92. The summed E-state index contributed by atoms with van der Waals surface area (Å²) in [6, 6.07) is 12.0. The molecule has 1 aliphatic carbocycles. The quantitative estimate of drug-likeness (QED) is 0.458. The maximum absolute atomic E-state index is 4.65. The fourth-order valence-corrected chi connectivity index (χ4v) is 3.06. The Bertz CT molecular complexity index is 1110. The van der Waals surface area contributed by atoms with Crippen LogP contribution >= 0.6 is 0 Å². The van der Waals surface area contributed by atoms with Crippen molar-refractivity contribution in [2.75, 3.05) is 34.9 Å². The van der Waals surface area contributed by atoms with E-state index in [1.807, 2.05) is 62.3 Å². The zero-order valence-corrected chi connectivity index (χ0v) is 18.1. The predicted octanol–water partition coefficient (Wildman–Crippen LogP) is 5.38. The van der Waals surface area contributed by atoms with Crippen LogP contribution in [0.3, 0.4) is 0 Å². The number of hydrogen-bond acceptors (Lipinski definition) is 7. The van der Waals surface area contributed by atoms with Crippen LogP contribution in [0, 0.1) is 6.92 Å². The molecule has 4 rings (SSSR count). The number of aryl methyl sites for hydroxylation is 1. The van der Waals surface area contributed by atoms with Crippen molar-refractivity contribution in [1.29, 1.82) is 0 Å². The van der Waals surface area contributed by atoms with E-state index in [-0.39, 0.29) is 0 Å². The van der Waals surface area contributed by atoms with Gasteiger partial charge in [-0.1, -0.05) is 12.6 Å². The lowest BCUT2D eigenvalue weighted by Crippen LogP contribution is -2.10. The van der Waals surface area contributed by atoms with Crippen molar-refractivity contribution in [2.24, 2.45) is 0 Å². The summed E-state index contributed by atoms with van der Waals surface area (Å²) in [6.45, 7) is 5.89. The maximum Gasteiger partial charge on any atom is 0.229 e. The van der Waals surface area contributed by atoms with Gasteiger partial charge in [0.25, 0.3) is 0 Å². The van der Waals surface area contributed by atoms with Crippen LogP contribution in [0.5, 0.6) is 0 Å². The Hall–Kier alpha value is -3.87. The molecule has 2 aromatic heterocycles. The number of rotatable bonds is 8. The highest BCUT2D eigenvalue weighted by Gasteiger charge is 2.16. The van der Waals surface area contributed by atoms with Crippen LogP contribution in [-0.4, -0.2) is 29.0 Å². The molecule has 1 fully saturated rings. The number of nitrogens with one attached hydrogen (secondary N) is 3. The van der Waals surface area contributed by atoms with Crippen LogP contribution in [0.4, 0.5) is 34.6 Å². The molecule has 3 aromatic rings. The summed E-state index contributed by atoms with van der Waals surface area (Å²) in [5.74, 6) is 2.15. The molecule has 1 saturated carbocycles. The topological polar surface area (TPSA) is 78.0 Å². The number of allylic oxidation sites excluding steroid dienone is 2. The van der Waals surface area contributed by atoms with Crippen LogP contribution in [0.15, 0.2) is 72.7 Å². The summed E-state index contributed by atoms with van der Waals surface area (Å²) >= 11 is 0. The molecule has 7 nitrogen and oxygen atoms in total. The zero-order valence-electron chi connectivity index (χ0n) is 18.1. The van der Waals surface area contributed by atoms with E-state index < -0.39 is 0 Å². The molecule has 0 unspecified atom stereocenters. The summed E-state index contributed by atoms with van der Waals surface area (Å²) in [6.07, 6.45) is 7.75. The van der Waals surface area contributed by atoms with Gasteiger partial charge >= 0.3 is 0 Å². The van der Waals surface area contributed by atoms with Gasteiger partial charge in [-0.05, 0) is 61.7 Å². The normalized spacial score (nSPS) is 12.2. The second kappa shape index (κ2) is 8.87. The minimum Gasteiger partial charge on any atom is -0.363 e. The highest BCUT2D eigenvalue weighted by atomic mass is 15.2. The lowest BCUT2D eigenvalue weighted by molar-refractivity contribution is 1.07. The molecular weight excluding hydrogens is 386 g/mol. The Morgan fingerprint density at radius 3 is 2.48 bits per heavy atom. The number of aromatic nitrogens is 3. The van der Waals surface area contributed by atoms with E-state index in [9.17, 15) is 0 Å². The molecule has 0 radical (unpaired) electrons. The third-order valence-corrected chi connectivity index (χ3v) is 4.92. The van der Waals surface area contributed by atoms with Gasteiger partial charge in [-0.25, -0.2) is 9.97 Å². The Morgan fingerprint density at radius 1 is 1.00 bits per heavy atom. The first kappa shape index (κ1) is 20.4. The molecule has 1 aromatic carbocycles. The Labute approximate surface area is 183 Å². The van der Waals surface area contributed by atoms with Crippen LogP contribution < -0.4 is 20.9 Å². The molecule has 31 heavy (non-hydrogen) atoms. The molecular formula is C24H27N7. The largest absolute Gasteiger partial charge is 0.363 e. The van der Waals surface area contributed by atoms with E-state index in [1.54, 1.807) is 12.4 Å². The van der Waals surface area contributed by atoms with Crippen LogP contribution in [0.2, 0.25) is 0 Å². The minimum absolute atomic E-state index is 0.509. The Morgan fingerprint density at radius 2 is 1.81 bits per heavy atom. The summed E-state index contributed by atoms with van der Waals surface area (Å²) in [5, 5.41) is 10.1. The van der Waals surface area contributed by atoms with E-state index in [2.05, 4.69) is 43.5 Å². The molecule has 158 valence electrons. The SMILES string of the molecule is C=CC(Nc1cccc(Nc2nc(Nc3ccc(N(C)C)nc3)ncc2C)c1)=C1CC1. The molecule has 3 N–H and O–H groups in total. The van der Waals surface area contributed by atoms with Gasteiger partial charge in [0.15, 0.2) is 0 Å². The first-order valence-electron chi connectivity index (χ1n) is 10.2. The molecule has 2 heterocycles. The van der Waals surface area contributed by atoms with Gasteiger partial charge in [0, 0.05) is 42.9 Å². The minimum atomic E-state index is 0.509. The fourth-order valence-electron chi connectivity index (χ4n) is 3.06. The first-order chi connectivity index (χ1) is 15.0. The van der Waals surface area contributed by atoms with E-state index in [1.165, 1.54) is 5.57 Å². The molecule has 0 atom stereocenters. The van der Waals surface area contributed by atoms with Crippen LogP contribution in [0.1, 0.15) is 18.4 Å². The average molecular weight is 414 g/mol. The van der Waals surface area contributed by atoms with Gasteiger partial charge in [0.05, 0.1) is 11.9 Å². The van der Waals surface area contributed by atoms with Gasteiger partial charge in [0.1, 0.15) is 11.6 Å². The lowest BCUT2D eigenvalue weighted by Gasteiger charge is -2.14. The third kappa shape index (κ3) is 5.19. The Kier molecular flexibility index (Phi) is 5.84. The smallest absolute Gasteiger partial charge is 0.229 e. The highest BCUT2D eigenvalue weighted by Crippen LogP contribution is 2.33. The summed E-state index contributed by atoms with van der Waals surface area (Å²) < 4.78 is 0. The maximum atomic E-state index is 4.65. The number of anilines is 6. The van der Waals surface area contributed by atoms with E-state index in [0.717, 1.165) is 52.8 Å². The zero-order chi connectivity index (χ0) is 21.8. The highest BCUT2D eigenvalue weighted by molar-refractivity contribution is 5.67. The van der Waals surface area contributed by atoms with Crippen molar-refractivity contribution < 1.29 is 0 Å². The Balaban J connectivity index is 1.49. The number of nitrogens with zero attached hydrogens (tertiary/aromatic N) is 4. The number of benzene rings is 1. The molecule has 0 amide bonds. The van der Waals surface area contributed by atoms with Crippen molar-refractivity contribution in [3.05, 3.63) is 78.3 Å². The monoisotopic (exact) mass is 413 g/mol. The summed E-state index contributed by atoms with van der Waals surface area (Å²) in [5.41, 5.74) is 6.27. The van der Waals surface area contributed by atoms with Crippen molar-refractivity contribution in [3.8, 4) is 0 Å². The average Bonchev–Trinajstić information content (AvgIpc) is 3.60. The first-order valence-corrected chi connectivity index (χ1v) is 10.2. The molecule has 1 aliphatic rings. The van der Waals surface area contributed by atoms with Crippen molar-refractivity contribution in [3.63, 3.8) is 0 Å². The standard InChI is InChI=1S/C24H27N7/c1-5-21(17-9-10-17)27-18-7-6-8-19(13-18)28-23-16(2)14-26-24(30-23)29-20-11-12-22(25-15-20)31(3)4/h5-8,11-15,27H,1,9-10H2,2-4H3,(H2,26,28,29,30). The van der Waals surface area contributed by atoms with Crippen molar-refractivity contribution in [2.45, 2.75) is 19.8 Å². The second-order valence-electron chi connectivity index (χ2n) is 7.70. The summed E-state index contributed by atoms with van der Waals surface area (Å²) in [4.78, 5) is 15.4. The molecule has 0 spiro atoms. The van der Waals surface area contributed by atoms with Gasteiger partial charge < -0.3 is 20.9 Å². The molecule has 0 saturated heterocycles. The van der Waals surface area contributed by atoms with Crippen LogP contribution in [0.25, 0.3) is 0 Å².